The van der Waals surface area contributed by atoms with Gasteiger partial charge in [-0.3, -0.25) is 0 Å². The Bertz CT molecular complexity index is 713. The van der Waals surface area contributed by atoms with Crippen molar-refractivity contribution in [1.29, 1.82) is 5.26 Å². The van der Waals surface area contributed by atoms with Crippen LogP contribution in [0.25, 0.3) is 0 Å². The summed E-state index contributed by atoms with van der Waals surface area (Å²) >= 11 is 0. The van der Waals surface area contributed by atoms with E-state index < -0.39 is 15.4 Å². The van der Waals surface area contributed by atoms with Gasteiger partial charge in [-0.15, -0.1) is 0 Å². The van der Waals surface area contributed by atoms with Crippen molar-refractivity contribution in [2.75, 3.05) is 5.75 Å². The number of rotatable bonds is 5. The van der Waals surface area contributed by atoms with Gasteiger partial charge in [0.25, 0.3) is 0 Å². The van der Waals surface area contributed by atoms with Crippen molar-refractivity contribution in [1.82, 2.24) is 4.72 Å². The SMILES string of the molecule is CC1(C)[C@@H](NS(=O)(=O)CC2(C#N)CCCC2)[C@@H]1c1ccccc1. The summed E-state index contributed by atoms with van der Waals surface area (Å²) in [6.07, 6.45) is 3.29. The molecule has 0 unspecified atom stereocenters. The molecule has 0 aromatic heterocycles. The average molecular weight is 332 g/mol. The van der Waals surface area contributed by atoms with Gasteiger partial charge in [-0.1, -0.05) is 57.0 Å². The molecule has 4 nitrogen and oxygen atoms in total. The second-order valence-corrected chi connectivity index (χ2v) is 9.42. The van der Waals surface area contributed by atoms with Crippen LogP contribution >= 0.6 is 0 Å². The fourth-order valence-electron chi connectivity index (χ4n) is 4.08. The molecule has 2 aliphatic rings. The van der Waals surface area contributed by atoms with Crippen LogP contribution in [0.3, 0.4) is 0 Å². The Labute approximate surface area is 139 Å². The molecular formula is C18H24N2O2S. The van der Waals surface area contributed by atoms with E-state index in [0.29, 0.717) is 12.8 Å². The van der Waals surface area contributed by atoms with Gasteiger partial charge in [0.15, 0.2) is 0 Å². The third-order valence-corrected chi connectivity index (χ3v) is 7.10. The van der Waals surface area contributed by atoms with Crippen molar-refractivity contribution in [2.24, 2.45) is 10.8 Å². The molecule has 0 bridgehead atoms. The molecule has 3 rings (SSSR count). The van der Waals surface area contributed by atoms with Crippen molar-refractivity contribution in [2.45, 2.75) is 51.5 Å². The van der Waals surface area contributed by atoms with E-state index in [9.17, 15) is 13.7 Å². The summed E-state index contributed by atoms with van der Waals surface area (Å²) in [5.74, 6) is 0.130. The molecule has 1 aromatic carbocycles. The molecule has 2 atom stereocenters. The predicted octanol–water partition coefficient (Wildman–Crippen LogP) is 3.18. The fraction of sp³-hybridized carbons (Fsp3) is 0.611. The standard InChI is InChI=1S/C18H24N2O2S/c1-17(2)15(14-8-4-3-5-9-14)16(17)20-23(21,22)13-18(12-19)10-6-7-11-18/h3-5,8-9,15-16,20H,6-7,10-11,13H2,1-2H3/t15-,16-/m0/s1. The molecule has 0 spiro atoms. The van der Waals surface area contributed by atoms with Crippen LogP contribution in [0.2, 0.25) is 0 Å². The molecule has 2 aliphatic carbocycles. The normalized spacial score (nSPS) is 28.2. The first kappa shape index (κ1) is 16.5. The zero-order valence-electron chi connectivity index (χ0n) is 13.7. The number of hydrogen-bond acceptors (Lipinski definition) is 3. The molecule has 23 heavy (non-hydrogen) atoms. The summed E-state index contributed by atoms with van der Waals surface area (Å²) in [6, 6.07) is 12.2. The Balaban J connectivity index is 1.73. The average Bonchev–Trinajstić information content (AvgIpc) is 2.86. The predicted molar refractivity (Wildman–Crippen MR) is 90.2 cm³/mol. The smallest absolute Gasteiger partial charge is 0.212 e. The van der Waals surface area contributed by atoms with Gasteiger partial charge in [-0.25, -0.2) is 13.1 Å². The molecule has 0 saturated heterocycles. The van der Waals surface area contributed by atoms with Crippen LogP contribution in [0.15, 0.2) is 30.3 Å². The lowest BCUT2D eigenvalue weighted by atomic mass is 9.91. The van der Waals surface area contributed by atoms with Gasteiger partial charge in [-0.05, 0) is 23.8 Å². The fourth-order valence-corrected chi connectivity index (χ4v) is 6.07. The molecule has 0 heterocycles. The molecule has 0 aliphatic heterocycles. The van der Waals surface area contributed by atoms with Crippen LogP contribution in [-0.4, -0.2) is 20.2 Å². The van der Waals surface area contributed by atoms with Gasteiger partial charge in [0.1, 0.15) is 0 Å². The Kier molecular flexibility index (Phi) is 4.02. The van der Waals surface area contributed by atoms with Crippen molar-refractivity contribution >= 4 is 10.0 Å². The first-order chi connectivity index (χ1) is 10.8. The number of nitriles is 1. The van der Waals surface area contributed by atoms with E-state index in [0.717, 1.165) is 12.8 Å². The maximum absolute atomic E-state index is 12.6. The van der Waals surface area contributed by atoms with E-state index in [1.54, 1.807) is 0 Å². The molecule has 2 saturated carbocycles. The Hall–Kier alpha value is -1.38. The first-order valence-electron chi connectivity index (χ1n) is 8.26. The molecule has 5 heteroatoms. The molecule has 124 valence electrons. The van der Waals surface area contributed by atoms with Gasteiger partial charge >= 0.3 is 0 Å². The Morgan fingerprint density at radius 1 is 1.22 bits per heavy atom. The number of hydrogen-bond donors (Lipinski definition) is 1. The highest BCUT2D eigenvalue weighted by Crippen LogP contribution is 2.59. The van der Waals surface area contributed by atoms with Gasteiger partial charge in [0.05, 0.1) is 17.2 Å². The van der Waals surface area contributed by atoms with Crippen molar-refractivity contribution in [3.8, 4) is 6.07 Å². The summed E-state index contributed by atoms with van der Waals surface area (Å²) in [7, 11) is -3.46. The second-order valence-electron chi connectivity index (χ2n) is 7.66. The van der Waals surface area contributed by atoms with E-state index in [-0.39, 0.29) is 23.1 Å². The van der Waals surface area contributed by atoms with E-state index in [1.807, 2.05) is 18.2 Å². The maximum Gasteiger partial charge on any atom is 0.213 e. The third-order valence-electron chi connectivity index (χ3n) is 5.56. The van der Waals surface area contributed by atoms with E-state index in [2.05, 4.69) is 36.8 Å². The van der Waals surface area contributed by atoms with Crippen molar-refractivity contribution in [3.63, 3.8) is 0 Å². The minimum Gasteiger partial charge on any atom is -0.212 e. The second kappa shape index (κ2) is 5.61. The van der Waals surface area contributed by atoms with Crippen molar-refractivity contribution < 1.29 is 8.42 Å². The van der Waals surface area contributed by atoms with Gasteiger partial charge in [0.2, 0.25) is 10.0 Å². The summed E-state index contributed by atoms with van der Waals surface area (Å²) in [4.78, 5) is 0. The molecular weight excluding hydrogens is 308 g/mol. The highest BCUT2D eigenvalue weighted by molar-refractivity contribution is 7.89. The van der Waals surface area contributed by atoms with Crippen LogP contribution in [0.1, 0.15) is 51.0 Å². The topological polar surface area (TPSA) is 70.0 Å². The number of sulfonamides is 1. The number of benzene rings is 1. The minimum absolute atomic E-state index is 0.0649. The molecule has 1 aromatic rings. The van der Waals surface area contributed by atoms with E-state index in [1.165, 1.54) is 5.56 Å². The van der Waals surface area contributed by atoms with E-state index in [4.69, 9.17) is 0 Å². The van der Waals surface area contributed by atoms with Crippen LogP contribution < -0.4 is 4.72 Å². The van der Waals surface area contributed by atoms with Gasteiger partial charge < -0.3 is 0 Å². The lowest BCUT2D eigenvalue weighted by molar-refractivity contribution is 0.450. The number of nitrogens with one attached hydrogen (secondary N) is 1. The molecule has 0 amide bonds. The van der Waals surface area contributed by atoms with Gasteiger partial charge in [-0.2, -0.15) is 5.26 Å². The summed E-state index contributed by atoms with van der Waals surface area (Å²) in [5.41, 5.74) is 0.387. The lowest BCUT2D eigenvalue weighted by Gasteiger charge is -2.20. The molecule has 2 fully saturated rings. The minimum atomic E-state index is -3.46. The highest BCUT2D eigenvalue weighted by Gasteiger charge is 2.60. The van der Waals surface area contributed by atoms with E-state index >= 15 is 0 Å². The van der Waals surface area contributed by atoms with Crippen molar-refractivity contribution in [3.05, 3.63) is 35.9 Å². The highest BCUT2D eigenvalue weighted by atomic mass is 32.2. The lowest BCUT2D eigenvalue weighted by Crippen LogP contribution is -2.37. The van der Waals surface area contributed by atoms with Gasteiger partial charge in [0, 0.05) is 12.0 Å². The summed E-state index contributed by atoms with van der Waals surface area (Å²) in [6.45, 7) is 4.18. The number of nitrogens with zero attached hydrogens (tertiary/aromatic N) is 1. The summed E-state index contributed by atoms with van der Waals surface area (Å²) < 4.78 is 28.1. The zero-order chi connectivity index (χ0) is 16.7. The van der Waals surface area contributed by atoms with Crippen LogP contribution in [-0.2, 0) is 10.0 Å². The maximum atomic E-state index is 12.6. The largest absolute Gasteiger partial charge is 0.213 e. The van der Waals surface area contributed by atoms with Crippen LogP contribution in [0.4, 0.5) is 0 Å². The molecule has 1 N–H and O–H groups in total. The quantitative estimate of drug-likeness (QED) is 0.900. The summed E-state index contributed by atoms with van der Waals surface area (Å²) in [5, 5.41) is 9.42. The monoisotopic (exact) mass is 332 g/mol. The van der Waals surface area contributed by atoms with Crippen LogP contribution in [0, 0.1) is 22.2 Å². The Morgan fingerprint density at radius 2 is 1.83 bits per heavy atom. The zero-order valence-corrected chi connectivity index (χ0v) is 14.6. The Morgan fingerprint density at radius 3 is 2.39 bits per heavy atom. The third kappa shape index (κ3) is 3.15. The van der Waals surface area contributed by atoms with Crippen LogP contribution in [0.5, 0.6) is 0 Å². The first-order valence-corrected chi connectivity index (χ1v) is 9.91. The molecule has 0 radical (unpaired) electrons.